The summed E-state index contributed by atoms with van der Waals surface area (Å²) in [5.74, 6) is -0.410. The molecule has 196 valence electrons. The number of ether oxygens (including phenoxy) is 1. The summed E-state index contributed by atoms with van der Waals surface area (Å²) >= 11 is 0. The summed E-state index contributed by atoms with van der Waals surface area (Å²) in [5, 5.41) is 1.77. The standard InChI is InChI=1S/C39H29NO/c1-39(2)33-16-7-9-18-37(33)41-38-22-20-29(25-34(38)39)27-12-10-11-26(23-27)28-19-21-36-32(24-28)31-15-6-8-17-35(31)40(36)30-13-4-3-5-14-30/h3-25H,1-2H3/i7D,9D,10D,11D,12D,16D,18D,20D,22D,23D,25D. The first-order chi connectivity index (χ1) is 24.7. The van der Waals surface area contributed by atoms with Crippen molar-refractivity contribution in [2.45, 2.75) is 19.3 Å². The van der Waals surface area contributed by atoms with Crippen molar-refractivity contribution in [1.29, 1.82) is 0 Å². The topological polar surface area (TPSA) is 14.2 Å². The third kappa shape index (κ3) is 3.72. The van der Waals surface area contributed by atoms with Gasteiger partial charge in [0, 0.05) is 33.0 Å². The van der Waals surface area contributed by atoms with E-state index in [0.717, 1.165) is 27.5 Å². The highest BCUT2D eigenvalue weighted by Crippen LogP contribution is 2.48. The molecule has 2 heteroatoms. The van der Waals surface area contributed by atoms with Gasteiger partial charge in [-0.05, 0) is 76.8 Å². The molecule has 0 atom stereocenters. The summed E-state index contributed by atoms with van der Waals surface area (Å²) in [4.78, 5) is 0. The Hall–Kier alpha value is -5.08. The molecule has 8 rings (SSSR count). The molecule has 0 radical (unpaired) electrons. The van der Waals surface area contributed by atoms with Gasteiger partial charge < -0.3 is 9.30 Å². The number of hydrogen-bond acceptors (Lipinski definition) is 1. The van der Waals surface area contributed by atoms with Crippen molar-refractivity contribution >= 4 is 21.8 Å². The second kappa shape index (κ2) is 8.97. The van der Waals surface area contributed by atoms with Crippen LogP contribution in [0.2, 0.25) is 0 Å². The van der Waals surface area contributed by atoms with Gasteiger partial charge in [0.05, 0.1) is 26.1 Å². The number of aromatic nitrogens is 1. The van der Waals surface area contributed by atoms with Crippen LogP contribution in [-0.2, 0) is 5.41 Å². The van der Waals surface area contributed by atoms with E-state index in [1.165, 1.54) is 0 Å². The Labute approximate surface area is 255 Å². The average molecular weight is 539 g/mol. The number of hydrogen-bond donors (Lipinski definition) is 0. The molecule has 0 saturated carbocycles. The van der Waals surface area contributed by atoms with Gasteiger partial charge in [-0.25, -0.2) is 0 Å². The van der Waals surface area contributed by atoms with Crippen LogP contribution in [0.15, 0.2) is 139 Å². The summed E-state index contributed by atoms with van der Waals surface area (Å²) in [6.07, 6.45) is 0. The fraction of sp³-hybridized carbons (Fsp3) is 0.0769. The molecule has 6 aromatic carbocycles. The molecule has 0 amide bonds. The zero-order valence-electron chi connectivity index (χ0n) is 33.3. The normalized spacial score (nSPS) is 17.3. The van der Waals surface area contributed by atoms with E-state index < -0.39 is 47.7 Å². The van der Waals surface area contributed by atoms with E-state index in [-0.39, 0.29) is 63.5 Å². The second-order valence-electron chi connectivity index (χ2n) is 10.6. The van der Waals surface area contributed by atoms with Gasteiger partial charge in [-0.1, -0.05) is 98.6 Å². The third-order valence-corrected chi connectivity index (χ3v) is 7.74. The predicted octanol–water partition coefficient (Wildman–Crippen LogP) is 10.5. The minimum Gasteiger partial charge on any atom is -0.457 e. The second-order valence-corrected chi connectivity index (χ2v) is 10.6. The van der Waals surface area contributed by atoms with Crippen LogP contribution in [0.1, 0.15) is 40.1 Å². The fourth-order valence-electron chi connectivity index (χ4n) is 5.68. The van der Waals surface area contributed by atoms with Gasteiger partial charge in [0.2, 0.25) is 0 Å². The Morgan fingerprint density at radius 3 is 2.17 bits per heavy atom. The maximum absolute atomic E-state index is 9.46. The third-order valence-electron chi connectivity index (χ3n) is 7.74. The van der Waals surface area contributed by atoms with Crippen LogP contribution in [-0.4, -0.2) is 4.57 Å². The van der Waals surface area contributed by atoms with Crippen molar-refractivity contribution in [2.75, 3.05) is 0 Å². The van der Waals surface area contributed by atoms with Gasteiger partial charge in [0.25, 0.3) is 0 Å². The summed E-state index contributed by atoms with van der Waals surface area (Å²) in [6, 6.07) is 18.2. The van der Waals surface area contributed by atoms with E-state index in [2.05, 4.69) is 4.57 Å². The minimum atomic E-state index is -1.33. The number of rotatable bonds is 3. The lowest BCUT2D eigenvalue weighted by Gasteiger charge is -2.34. The first-order valence-electron chi connectivity index (χ1n) is 18.8. The van der Waals surface area contributed by atoms with Crippen molar-refractivity contribution in [3.05, 3.63) is 150 Å². The first-order valence-corrected chi connectivity index (χ1v) is 13.3. The van der Waals surface area contributed by atoms with E-state index in [9.17, 15) is 2.74 Å². The van der Waals surface area contributed by atoms with Gasteiger partial charge in [-0.3, -0.25) is 0 Å². The highest BCUT2D eigenvalue weighted by molar-refractivity contribution is 6.10. The molecule has 0 unspecified atom stereocenters. The molecule has 0 fully saturated rings. The molecule has 0 saturated heterocycles. The number of para-hydroxylation sites is 3. The highest BCUT2D eigenvalue weighted by atomic mass is 16.5. The van der Waals surface area contributed by atoms with Crippen molar-refractivity contribution in [1.82, 2.24) is 4.57 Å². The average Bonchev–Trinajstić information content (AvgIpc) is 3.46. The smallest absolute Gasteiger partial charge is 0.131 e. The van der Waals surface area contributed by atoms with Crippen LogP contribution in [0.4, 0.5) is 0 Å². The van der Waals surface area contributed by atoms with E-state index in [1.807, 2.05) is 66.7 Å². The lowest BCUT2D eigenvalue weighted by Crippen LogP contribution is -2.24. The Morgan fingerprint density at radius 1 is 0.585 bits per heavy atom. The Morgan fingerprint density at radius 2 is 1.29 bits per heavy atom. The molecule has 2 heterocycles. The zero-order chi connectivity index (χ0) is 37.1. The molecular formula is C39H29NO. The van der Waals surface area contributed by atoms with E-state index in [0.29, 0.717) is 5.56 Å². The predicted molar refractivity (Wildman–Crippen MR) is 170 cm³/mol. The largest absolute Gasteiger partial charge is 0.457 e. The SMILES string of the molecule is [2H]c1c([2H])c([2H])c2c(c1[2H])Oc1c([2H])c([2H])c(-c3c([2H])c([2H])c([2H])c(-c4ccc5c(c4)c4ccccc4n5-c4ccccc4)c3[2H])c([2H])c1C2(C)C. The molecule has 7 aromatic rings. The summed E-state index contributed by atoms with van der Waals surface area (Å²) in [6.45, 7) is 3.27. The van der Waals surface area contributed by atoms with Crippen LogP contribution in [0.25, 0.3) is 49.7 Å². The quantitative estimate of drug-likeness (QED) is 0.218. The van der Waals surface area contributed by atoms with Crippen molar-refractivity contribution in [3.63, 3.8) is 0 Å². The number of benzene rings is 6. The lowest BCUT2D eigenvalue weighted by molar-refractivity contribution is 0.418. The van der Waals surface area contributed by atoms with Gasteiger partial charge >= 0.3 is 0 Å². The lowest BCUT2D eigenvalue weighted by atomic mass is 9.75. The molecule has 2 nitrogen and oxygen atoms in total. The van der Waals surface area contributed by atoms with Crippen molar-refractivity contribution < 1.29 is 19.8 Å². The van der Waals surface area contributed by atoms with Gasteiger partial charge in [0.15, 0.2) is 0 Å². The fourth-order valence-corrected chi connectivity index (χ4v) is 5.68. The monoisotopic (exact) mass is 538 g/mol. The Bertz CT molecular complexity index is 2700. The molecule has 1 aromatic heterocycles. The summed E-state index contributed by atoms with van der Waals surface area (Å²) in [7, 11) is 0. The van der Waals surface area contributed by atoms with Crippen LogP contribution in [0.3, 0.4) is 0 Å². The molecule has 0 spiro atoms. The van der Waals surface area contributed by atoms with Crippen molar-refractivity contribution in [2.24, 2.45) is 0 Å². The van der Waals surface area contributed by atoms with Crippen LogP contribution in [0, 0.1) is 0 Å². The van der Waals surface area contributed by atoms with Crippen LogP contribution in [0.5, 0.6) is 11.5 Å². The summed E-state index contributed by atoms with van der Waals surface area (Å²) in [5.41, 5.74) is 1.52. The summed E-state index contributed by atoms with van der Waals surface area (Å²) < 4.78 is 105. The molecule has 1 aliphatic rings. The molecule has 0 aliphatic carbocycles. The zero-order valence-corrected chi connectivity index (χ0v) is 22.3. The Kier molecular flexibility index (Phi) is 3.30. The molecular weight excluding hydrogens is 498 g/mol. The van der Waals surface area contributed by atoms with E-state index >= 15 is 0 Å². The Balaban J connectivity index is 1.39. The van der Waals surface area contributed by atoms with E-state index in [4.69, 9.17) is 17.1 Å². The van der Waals surface area contributed by atoms with Gasteiger partial charge in [-0.2, -0.15) is 0 Å². The molecule has 0 N–H and O–H groups in total. The van der Waals surface area contributed by atoms with Gasteiger partial charge in [0.1, 0.15) is 11.5 Å². The molecule has 1 aliphatic heterocycles. The van der Waals surface area contributed by atoms with Crippen LogP contribution < -0.4 is 4.74 Å². The highest BCUT2D eigenvalue weighted by Gasteiger charge is 2.34. The van der Waals surface area contributed by atoms with Crippen molar-refractivity contribution in [3.8, 4) is 39.4 Å². The number of nitrogens with zero attached hydrogens (tertiary/aromatic N) is 1. The van der Waals surface area contributed by atoms with E-state index in [1.54, 1.807) is 19.9 Å². The maximum Gasteiger partial charge on any atom is 0.131 e. The molecule has 41 heavy (non-hydrogen) atoms. The first kappa shape index (κ1) is 15.1. The number of fused-ring (bicyclic) bond motifs is 5. The van der Waals surface area contributed by atoms with Crippen LogP contribution >= 0.6 is 0 Å². The molecule has 0 bridgehead atoms. The minimum absolute atomic E-state index is 0.0347. The van der Waals surface area contributed by atoms with Gasteiger partial charge in [-0.15, -0.1) is 0 Å². The maximum atomic E-state index is 9.46.